The number of aromatic nitrogens is 1. The minimum absolute atomic E-state index is 0.0986. The molecule has 2 heterocycles. The van der Waals surface area contributed by atoms with E-state index in [1.165, 1.54) is 11.8 Å². The summed E-state index contributed by atoms with van der Waals surface area (Å²) in [5.74, 6) is 0.916. The molecule has 24 heavy (non-hydrogen) atoms. The molecule has 5 heteroatoms. The van der Waals surface area contributed by atoms with Crippen LogP contribution in [0.1, 0.15) is 53.2 Å². The molecule has 1 aromatic carbocycles. The first-order chi connectivity index (χ1) is 11.7. The zero-order chi connectivity index (χ0) is 16.9. The zero-order valence-electron chi connectivity index (χ0n) is 14.4. The van der Waals surface area contributed by atoms with Gasteiger partial charge < -0.3 is 14.6 Å². The summed E-state index contributed by atoms with van der Waals surface area (Å²) in [6.07, 6.45) is 4.53. The van der Waals surface area contributed by atoms with Crippen molar-refractivity contribution in [2.45, 2.75) is 38.6 Å². The summed E-state index contributed by atoms with van der Waals surface area (Å²) < 4.78 is 5.57. The Kier molecular flexibility index (Phi) is 5.30. The highest BCUT2D eigenvalue weighted by atomic mass is 16.3. The monoisotopic (exact) mass is 327 g/mol. The number of nitrogens with one attached hydrogen (secondary N) is 1. The van der Waals surface area contributed by atoms with Gasteiger partial charge in [0, 0.05) is 19.5 Å². The van der Waals surface area contributed by atoms with E-state index in [1.54, 1.807) is 11.9 Å². The Labute approximate surface area is 143 Å². The van der Waals surface area contributed by atoms with E-state index in [4.69, 9.17) is 4.42 Å². The molecule has 1 fully saturated rings. The lowest BCUT2D eigenvalue weighted by Gasteiger charge is -2.19. The van der Waals surface area contributed by atoms with Crippen molar-refractivity contribution in [3.05, 3.63) is 53.2 Å². The second kappa shape index (κ2) is 7.62. The van der Waals surface area contributed by atoms with Crippen molar-refractivity contribution in [1.82, 2.24) is 15.2 Å². The zero-order valence-corrected chi connectivity index (χ0v) is 14.4. The highest BCUT2D eigenvalue weighted by Crippen LogP contribution is 2.24. The molecule has 1 saturated heterocycles. The third-order valence-electron chi connectivity index (χ3n) is 4.63. The average Bonchev–Trinajstić information content (AvgIpc) is 3.12. The van der Waals surface area contributed by atoms with E-state index in [1.807, 2.05) is 0 Å². The van der Waals surface area contributed by atoms with Gasteiger partial charge in [-0.15, -0.1) is 0 Å². The molecule has 1 aliphatic heterocycles. The molecule has 3 rings (SSSR count). The van der Waals surface area contributed by atoms with Crippen LogP contribution in [0.3, 0.4) is 0 Å². The minimum atomic E-state index is -0.0986. The van der Waals surface area contributed by atoms with Crippen LogP contribution in [-0.4, -0.2) is 35.9 Å². The average molecular weight is 327 g/mol. The quantitative estimate of drug-likeness (QED) is 0.917. The van der Waals surface area contributed by atoms with Crippen LogP contribution in [0.25, 0.3) is 0 Å². The van der Waals surface area contributed by atoms with Crippen LogP contribution in [0.5, 0.6) is 0 Å². The maximum atomic E-state index is 12.6. The van der Waals surface area contributed by atoms with E-state index in [2.05, 4.69) is 41.5 Å². The van der Waals surface area contributed by atoms with Crippen LogP contribution in [0, 0.1) is 0 Å². The number of nitrogens with zero attached hydrogens (tertiary/aromatic N) is 2. The number of aryl methyl sites for hydroxylation is 1. The van der Waals surface area contributed by atoms with Crippen molar-refractivity contribution >= 4 is 5.91 Å². The summed E-state index contributed by atoms with van der Waals surface area (Å²) in [4.78, 5) is 18.7. The van der Waals surface area contributed by atoms with Crippen LogP contribution in [0.2, 0.25) is 0 Å². The summed E-state index contributed by atoms with van der Waals surface area (Å²) in [5.41, 5.74) is 2.82. The SMILES string of the molecule is CCc1ccc(CN(C)C(=O)c2coc(C3CCNCC3)n2)cc1. The van der Waals surface area contributed by atoms with E-state index >= 15 is 0 Å². The fourth-order valence-electron chi connectivity index (χ4n) is 3.06. The highest BCUT2D eigenvalue weighted by molar-refractivity contribution is 5.91. The third-order valence-corrected chi connectivity index (χ3v) is 4.63. The standard InChI is InChI=1S/C19H25N3O2/c1-3-14-4-6-15(7-5-14)12-22(2)19(23)17-13-24-18(21-17)16-8-10-20-11-9-16/h4-7,13,16,20H,3,8-12H2,1-2H3. The van der Waals surface area contributed by atoms with Gasteiger partial charge in [0.1, 0.15) is 6.26 Å². The normalized spacial score (nSPS) is 15.4. The Bertz CT molecular complexity index is 672. The number of amides is 1. The Morgan fingerprint density at radius 1 is 1.25 bits per heavy atom. The first kappa shape index (κ1) is 16.7. The molecule has 1 N–H and O–H groups in total. The number of carbonyl (C=O) groups is 1. The molecular formula is C19H25N3O2. The Balaban J connectivity index is 1.63. The van der Waals surface area contributed by atoms with Crippen LogP contribution < -0.4 is 5.32 Å². The Morgan fingerprint density at radius 3 is 2.58 bits per heavy atom. The van der Waals surface area contributed by atoms with Gasteiger partial charge in [0.25, 0.3) is 5.91 Å². The van der Waals surface area contributed by atoms with Gasteiger partial charge in [-0.25, -0.2) is 4.98 Å². The van der Waals surface area contributed by atoms with Crippen LogP contribution >= 0.6 is 0 Å². The van der Waals surface area contributed by atoms with Crippen molar-refractivity contribution < 1.29 is 9.21 Å². The van der Waals surface area contributed by atoms with Crippen molar-refractivity contribution in [1.29, 1.82) is 0 Å². The van der Waals surface area contributed by atoms with Gasteiger partial charge in [-0.3, -0.25) is 4.79 Å². The smallest absolute Gasteiger partial charge is 0.275 e. The van der Waals surface area contributed by atoms with Gasteiger partial charge in [0.2, 0.25) is 0 Å². The molecule has 2 aromatic rings. The summed E-state index contributed by atoms with van der Waals surface area (Å²) in [7, 11) is 1.80. The van der Waals surface area contributed by atoms with E-state index in [9.17, 15) is 4.79 Å². The highest BCUT2D eigenvalue weighted by Gasteiger charge is 2.23. The summed E-state index contributed by atoms with van der Waals surface area (Å²) in [6.45, 7) is 4.65. The maximum Gasteiger partial charge on any atom is 0.275 e. The molecule has 0 radical (unpaired) electrons. The van der Waals surface area contributed by atoms with Gasteiger partial charge in [-0.05, 0) is 43.5 Å². The van der Waals surface area contributed by atoms with Gasteiger partial charge in [0.15, 0.2) is 11.6 Å². The molecule has 128 valence electrons. The Hall–Kier alpha value is -2.14. The molecule has 1 aliphatic rings. The fourth-order valence-corrected chi connectivity index (χ4v) is 3.06. The van der Waals surface area contributed by atoms with Crippen molar-refractivity contribution in [3.8, 4) is 0 Å². The first-order valence-corrected chi connectivity index (χ1v) is 8.66. The molecule has 0 unspecified atom stereocenters. The number of hydrogen-bond donors (Lipinski definition) is 1. The van der Waals surface area contributed by atoms with Gasteiger partial charge in [0.05, 0.1) is 0 Å². The number of piperidine rings is 1. The summed E-state index contributed by atoms with van der Waals surface area (Å²) in [6, 6.07) is 8.37. The Morgan fingerprint density at radius 2 is 1.92 bits per heavy atom. The van der Waals surface area contributed by atoms with Crippen LogP contribution in [-0.2, 0) is 13.0 Å². The summed E-state index contributed by atoms with van der Waals surface area (Å²) in [5, 5.41) is 3.32. The maximum absolute atomic E-state index is 12.6. The van der Waals surface area contributed by atoms with Crippen LogP contribution in [0.15, 0.2) is 34.9 Å². The minimum Gasteiger partial charge on any atom is -0.448 e. The van der Waals surface area contributed by atoms with E-state index < -0.39 is 0 Å². The number of carbonyl (C=O) groups excluding carboxylic acids is 1. The van der Waals surface area contributed by atoms with E-state index in [-0.39, 0.29) is 5.91 Å². The second-order valence-corrected chi connectivity index (χ2v) is 6.43. The summed E-state index contributed by atoms with van der Waals surface area (Å²) >= 11 is 0. The van der Waals surface area contributed by atoms with Crippen LogP contribution in [0.4, 0.5) is 0 Å². The second-order valence-electron chi connectivity index (χ2n) is 6.43. The molecule has 0 aliphatic carbocycles. The molecule has 5 nitrogen and oxygen atoms in total. The third kappa shape index (κ3) is 3.85. The molecule has 1 amide bonds. The molecule has 0 saturated carbocycles. The molecule has 0 atom stereocenters. The number of benzene rings is 1. The predicted octanol–water partition coefficient (Wildman–Crippen LogP) is 2.98. The van der Waals surface area contributed by atoms with Crippen molar-refractivity contribution in [2.75, 3.05) is 20.1 Å². The van der Waals surface area contributed by atoms with Gasteiger partial charge in [-0.2, -0.15) is 0 Å². The largest absolute Gasteiger partial charge is 0.448 e. The number of rotatable bonds is 5. The van der Waals surface area contributed by atoms with Crippen molar-refractivity contribution in [2.24, 2.45) is 0 Å². The molecule has 0 bridgehead atoms. The number of hydrogen-bond acceptors (Lipinski definition) is 4. The van der Waals surface area contributed by atoms with Gasteiger partial charge in [-0.1, -0.05) is 31.2 Å². The van der Waals surface area contributed by atoms with E-state index in [0.717, 1.165) is 37.9 Å². The lowest BCUT2D eigenvalue weighted by atomic mass is 9.98. The fraction of sp³-hybridized carbons (Fsp3) is 0.474. The van der Waals surface area contributed by atoms with Gasteiger partial charge >= 0.3 is 0 Å². The lowest BCUT2D eigenvalue weighted by Crippen LogP contribution is -2.27. The molecule has 1 aromatic heterocycles. The topological polar surface area (TPSA) is 58.4 Å². The first-order valence-electron chi connectivity index (χ1n) is 8.66. The predicted molar refractivity (Wildman–Crippen MR) is 93.0 cm³/mol. The molecule has 0 spiro atoms. The van der Waals surface area contributed by atoms with Crippen molar-refractivity contribution in [3.63, 3.8) is 0 Å². The number of oxazole rings is 1. The molecular weight excluding hydrogens is 302 g/mol. The lowest BCUT2D eigenvalue weighted by molar-refractivity contribution is 0.0779. The van der Waals surface area contributed by atoms with E-state index in [0.29, 0.717) is 24.0 Å².